The van der Waals surface area contributed by atoms with Gasteiger partial charge in [0, 0.05) is 11.3 Å². The quantitative estimate of drug-likeness (QED) is 0.484. The fourth-order valence-corrected chi connectivity index (χ4v) is 2.24. The summed E-state index contributed by atoms with van der Waals surface area (Å²) in [6.45, 7) is 7.82. The lowest BCUT2D eigenvalue weighted by molar-refractivity contribution is -0.112. The SMILES string of the molecule is C=CCOc1ccccc1/C=C(/C#N)C(=O)Nc1cc(C)ccc1C. The predicted octanol–water partition coefficient (Wildman–Crippen LogP) is 4.41. The Labute approximate surface area is 148 Å². The molecule has 0 aromatic heterocycles. The normalized spacial score (nSPS) is 10.7. The Morgan fingerprint density at radius 1 is 1.28 bits per heavy atom. The number of nitriles is 1. The molecule has 0 atom stereocenters. The van der Waals surface area contributed by atoms with E-state index >= 15 is 0 Å². The summed E-state index contributed by atoms with van der Waals surface area (Å²) in [7, 11) is 0. The first-order valence-corrected chi connectivity index (χ1v) is 7.88. The molecule has 0 unspecified atom stereocenters. The number of nitrogens with one attached hydrogen (secondary N) is 1. The molecule has 25 heavy (non-hydrogen) atoms. The van der Waals surface area contributed by atoms with Gasteiger partial charge in [0.2, 0.25) is 0 Å². The first-order valence-electron chi connectivity index (χ1n) is 7.88. The minimum absolute atomic E-state index is 0.00978. The van der Waals surface area contributed by atoms with Gasteiger partial charge in [0.1, 0.15) is 24.0 Å². The van der Waals surface area contributed by atoms with Crippen LogP contribution in [0.4, 0.5) is 5.69 Å². The Kier molecular flexibility index (Phi) is 6.14. The van der Waals surface area contributed by atoms with Crippen molar-refractivity contribution in [2.75, 3.05) is 11.9 Å². The average Bonchev–Trinajstić information content (AvgIpc) is 2.61. The van der Waals surface area contributed by atoms with Gasteiger partial charge in [-0.3, -0.25) is 4.79 Å². The van der Waals surface area contributed by atoms with E-state index in [9.17, 15) is 10.1 Å². The Morgan fingerprint density at radius 3 is 2.76 bits per heavy atom. The van der Waals surface area contributed by atoms with Crippen molar-refractivity contribution in [2.45, 2.75) is 13.8 Å². The zero-order valence-corrected chi connectivity index (χ0v) is 14.4. The minimum atomic E-state index is -0.449. The zero-order chi connectivity index (χ0) is 18.2. The van der Waals surface area contributed by atoms with Gasteiger partial charge in [-0.25, -0.2) is 0 Å². The van der Waals surface area contributed by atoms with Crippen molar-refractivity contribution in [3.05, 3.63) is 77.4 Å². The van der Waals surface area contributed by atoms with Crippen LogP contribution in [0.3, 0.4) is 0 Å². The van der Waals surface area contributed by atoms with E-state index in [0.717, 1.165) is 11.1 Å². The smallest absolute Gasteiger partial charge is 0.266 e. The lowest BCUT2D eigenvalue weighted by Crippen LogP contribution is -2.14. The molecule has 1 amide bonds. The molecule has 4 nitrogen and oxygen atoms in total. The summed E-state index contributed by atoms with van der Waals surface area (Å²) in [4.78, 5) is 12.5. The Balaban J connectivity index is 2.28. The average molecular weight is 332 g/mol. The number of benzene rings is 2. The van der Waals surface area contributed by atoms with Crippen molar-refractivity contribution in [2.24, 2.45) is 0 Å². The molecule has 4 heteroatoms. The summed E-state index contributed by atoms with van der Waals surface area (Å²) in [5, 5.41) is 12.2. The third-order valence-electron chi connectivity index (χ3n) is 3.58. The van der Waals surface area contributed by atoms with Gasteiger partial charge in [0.15, 0.2) is 0 Å². The fraction of sp³-hybridized carbons (Fsp3) is 0.143. The number of anilines is 1. The van der Waals surface area contributed by atoms with E-state index in [4.69, 9.17) is 4.74 Å². The van der Waals surface area contributed by atoms with Gasteiger partial charge in [-0.15, -0.1) is 0 Å². The third kappa shape index (κ3) is 4.82. The lowest BCUT2D eigenvalue weighted by Gasteiger charge is -2.10. The predicted molar refractivity (Wildman–Crippen MR) is 100 cm³/mol. The second-order valence-electron chi connectivity index (χ2n) is 5.58. The van der Waals surface area contributed by atoms with Gasteiger partial charge < -0.3 is 10.1 Å². The van der Waals surface area contributed by atoms with E-state index in [2.05, 4.69) is 11.9 Å². The minimum Gasteiger partial charge on any atom is -0.489 e. The van der Waals surface area contributed by atoms with Crippen LogP contribution < -0.4 is 10.1 Å². The summed E-state index contributed by atoms with van der Waals surface area (Å²) in [5.41, 5.74) is 3.34. The largest absolute Gasteiger partial charge is 0.489 e. The molecular formula is C21H20N2O2. The Hall–Kier alpha value is -3.32. The van der Waals surface area contributed by atoms with Crippen molar-refractivity contribution in [1.29, 1.82) is 5.26 Å². The summed E-state index contributed by atoms with van der Waals surface area (Å²) >= 11 is 0. The molecule has 0 aliphatic carbocycles. The monoisotopic (exact) mass is 332 g/mol. The van der Waals surface area contributed by atoms with Gasteiger partial charge in [0.05, 0.1) is 0 Å². The number of hydrogen-bond acceptors (Lipinski definition) is 3. The fourth-order valence-electron chi connectivity index (χ4n) is 2.24. The molecule has 0 saturated carbocycles. The molecule has 0 radical (unpaired) electrons. The highest BCUT2D eigenvalue weighted by Crippen LogP contribution is 2.22. The van der Waals surface area contributed by atoms with Gasteiger partial charge in [0.25, 0.3) is 5.91 Å². The van der Waals surface area contributed by atoms with Crippen molar-refractivity contribution in [3.8, 4) is 11.8 Å². The molecule has 0 aliphatic rings. The number of para-hydroxylation sites is 1. The van der Waals surface area contributed by atoms with Crippen LogP contribution in [-0.2, 0) is 4.79 Å². The summed E-state index contributed by atoms with van der Waals surface area (Å²) in [6, 6.07) is 15.0. The molecule has 2 aromatic rings. The van der Waals surface area contributed by atoms with Gasteiger partial charge in [-0.05, 0) is 43.2 Å². The molecular weight excluding hydrogens is 312 g/mol. The van der Waals surface area contributed by atoms with Crippen molar-refractivity contribution < 1.29 is 9.53 Å². The first kappa shape index (κ1) is 18.0. The highest BCUT2D eigenvalue weighted by Gasteiger charge is 2.12. The second-order valence-corrected chi connectivity index (χ2v) is 5.58. The standard InChI is InChI=1S/C21H20N2O2/c1-4-11-25-20-8-6-5-7-17(20)13-18(14-22)21(24)23-19-12-15(2)9-10-16(19)3/h4-10,12-13H,1,11H2,2-3H3,(H,23,24)/b18-13-. The van der Waals surface area contributed by atoms with E-state index in [-0.39, 0.29) is 5.57 Å². The number of hydrogen-bond donors (Lipinski definition) is 1. The number of amides is 1. The maximum atomic E-state index is 12.5. The van der Waals surface area contributed by atoms with Crippen molar-refractivity contribution in [1.82, 2.24) is 0 Å². The maximum Gasteiger partial charge on any atom is 0.266 e. The second kappa shape index (κ2) is 8.51. The van der Waals surface area contributed by atoms with Gasteiger partial charge >= 0.3 is 0 Å². The van der Waals surface area contributed by atoms with Crippen LogP contribution >= 0.6 is 0 Å². The molecule has 0 saturated heterocycles. The molecule has 0 aliphatic heterocycles. The Bertz CT molecular complexity index is 860. The van der Waals surface area contributed by atoms with Crippen LogP contribution in [0.15, 0.2) is 60.7 Å². The molecule has 1 N–H and O–H groups in total. The van der Waals surface area contributed by atoms with Gasteiger partial charge in [-0.2, -0.15) is 5.26 Å². The van der Waals surface area contributed by atoms with E-state index in [1.807, 2.05) is 50.2 Å². The van der Waals surface area contributed by atoms with Crippen molar-refractivity contribution >= 4 is 17.7 Å². The topological polar surface area (TPSA) is 62.1 Å². The number of carbonyl (C=O) groups excluding carboxylic acids is 1. The van der Waals surface area contributed by atoms with E-state index < -0.39 is 5.91 Å². The van der Waals surface area contributed by atoms with Gasteiger partial charge in [-0.1, -0.05) is 43.0 Å². The summed E-state index contributed by atoms with van der Waals surface area (Å²) < 4.78 is 5.56. The zero-order valence-electron chi connectivity index (χ0n) is 14.4. The number of rotatable bonds is 6. The van der Waals surface area contributed by atoms with Crippen molar-refractivity contribution in [3.63, 3.8) is 0 Å². The number of nitrogens with zero attached hydrogens (tertiary/aromatic N) is 1. The van der Waals surface area contributed by atoms with Crippen LogP contribution in [0.5, 0.6) is 5.75 Å². The summed E-state index contributed by atoms with van der Waals surface area (Å²) in [6.07, 6.45) is 3.16. The van der Waals surface area contributed by atoms with Crippen LogP contribution in [0.2, 0.25) is 0 Å². The Morgan fingerprint density at radius 2 is 2.04 bits per heavy atom. The van der Waals surface area contributed by atoms with Crippen LogP contribution in [0, 0.1) is 25.2 Å². The number of carbonyl (C=O) groups is 1. The molecule has 126 valence electrons. The van der Waals surface area contributed by atoms with Crippen LogP contribution in [-0.4, -0.2) is 12.5 Å². The highest BCUT2D eigenvalue weighted by molar-refractivity contribution is 6.10. The molecule has 0 bridgehead atoms. The van der Waals surface area contributed by atoms with E-state index in [1.165, 1.54) is 6.08 Å². The molecule has 0 fully saturated rings. The van der Waals surface area contributed by atoms with Crippen LogP contribution in [0.1, 0.15) is 16.7 Å². The summed E-state index contributed by atoms with van der Waals surface area (Å²) in [5.74, 6) is 0.143. The molecule has 2 rings (SSSR count). The third-order valence-corrected chi connectivity index (χ3v) is 3.58. The maximum absolute atomic E-state index is 12.5. The van der Waals surface area contributed by atoms with E-state index in [0.29, 0.717) is 23.6 Å². The lowest BCUT2D eigenvalue weighted by atomic mass is 10.1. The highest BCUT2D eigenvalue weighted by atomic mass is 16.5. The van der Waals surface area contributed by atoms with Crippen LogP contribution in [0.25, 0.3) is 6.08 Å². The molecule has 0 heterocycles. The van der Waals surface area contributed by atoms with E-state index in [1.54, 1.807) is 18.2 Å². The number of ether oxygens (including phenoxy) is 1. The molecule has 2 aromatic carbocycles. The first-order chi connectivity index (χ1) is 12.0. The number of aryl methyl sites for hydroxylation is 2. The molecule has 0 spiro atoms.